The van der Waals surface area contributed by atoms with E-state index in [1.165, 1.54) is 0 Å². The molecule has 1 amide bonds. The van der Waals surface area contributed by atoms with Crippen LogP contribution in [0.3, 0.4) is 0 Å². The first-order chi connectivity index (χ1) is 15.2. The molecule has 0 aliphatic carbocycles. The maximum atomic E-state index is 12.9. The van der Waals surface area contributed by atoms with Crippen molar-refractivity contribution in [1.29, 1.82) is 0 Å². The van der Waals surface area contributed by atoms with Gasteiger partial charge >= 0.3 is 0 Å². The van der Waals surface area contributed by atoms with Crippen molar-refractivity contribution in [3.8, 4) is 34.3 Å². The van der Waals surface area contributed by atoms with Gasteiger partial charge in [-0.2, -0.15) is 4.98 Å². The molecule has 0 saturated heterocycles. The number of hydrogen-bond acceptors (Lipinski definition) is 6. The van der Waals surface area contributed by atoms with Crippen molar-refractivity contribution in [2.24, 2.45) is 0 Å². The number of carbonyl (C=O) groups is 1. The number of methoxy groups -OCH3 is 1. The largest absolute Gasteiger partial charge is 0.496 e. The number of ether oxygens (including phenoxy) is 2. The molecular formula is C24H21N3O4. The molecule has 1 heterocycles. The summed E-state index contributed by atoms with van der Waals surface area (Å²) in [6, 6.07) is 21.7. The smallest absolute Gasteiger partial charge is 0.259 e. The highest BCUT2D eigenvalue weighted by Gasteiger charge is 2.19. The Hall–Kier alpha value is -4.13. The zero-order valence-corrected chi connectivity index (χ0v) is 17.2. The fourth-order valence-corrected chi connectivity index (χ4v) is 3.14. The lowest BCUT2D eigenvalue weighted by molar-refractivity contribution is 0.102. The molecule has 0 atom stereocenters. The van der Waals surface area contributed by atoms with Gasteiger partial charge in [0.25, 0.3) is 11.8 Å². The van der Waals surface area contributed by atoms with Gasteiger partial charge in [0.15, 0.2) is 0 Å². The zero-order chi connectivity index (χ0) is 21.6. The van der Waals surface area contributed by atoms with Gasteiger partial charge in [0.1, 0.15) is 11.5 Å². The number of benzene rings is 3. The lowest BCUT2D eigenvalue weighted by Crippen LogP contribution is -2.13. The Morgan fingerprint density at radius 3 is 2.42 bits per heavy atom. The Kier molecular flexibility index (Phi) is 5.93. The van der Waals surface area contributed by atoms with Gasteiger partial charge in [-0.05, 0) is 55.5 Å². The summed E-state index contributed by atoms with van der Waals surface area (Å²) >= 11 is 0. The third kappa shape index (κ3) is 4.40. The highest BCUT2D eigenvalue weighted by Crippen LogP contribution is 2.30. The van der Waals surface area contributed by atoms with Crippen molar-refractivity contribution in [2.45, 2.75) is 6.92 Å². The van der Waals surface area contributed by atoms with E-state index in [4.69, 9.17) is 14.0 Å². The molecule has 0 aliphatic rings. The number of hydrogen-bond donors (Lipinski definition) is 1. The van der Waals surface area contributed by atoms with Crippen molar-refractivity contribution in [1.82, 2.24) is 10.1 Å². The molecule has 0 bridgehead atoms. The number of amides is 1. The molecule has 0 aliphatic heterocycles. The van der Waals surface area contributed by atoms with Crippen LogP contribution >= 0.6 is 0 Å². The third-order valence-electron chi connectivity index (χ3n) is 4.60. The summed E-state index contributed by atoms with van der Waals surface area (Å²) in [5, 5.41) is 6.96. The van der Waals surface area contributed by atoms with E-state index in [0.29, 0.717) is 40.6 Å². The van der Waals surface area contributed by atoms with Crippen LogP contribution in [0.25, 0.3) is 22.8 Å². The lowest BCUT2D eigenvalue weighted by Gasteiger charge is -2.09. The van der Waals surface area contributed by atoms with Crippen molar-refractivity contribution in [3.63, 3.8) is 0 Å². The topological polar surface area (TPSA) is 86.5 Å². The second kappa shape index (κ2) is 9.13. The third-order valence-corrected chi connectivity index (χ3v) is 4.60. The summed E-state index contributed by atoms with van der Waals surface area (Å²) in [6.45, 7) is 2.50. The fourth-order valence-electron chi connectivity index (χ4n) is 3.14. The van der Waals surface area contributed by atoms with Crippen LogP contribution in [0.1, 0.15) is 17.3 Å². The van der Waals surface area contributed by atoms with Crippen molar-refractivity contribution in [3.05, 3.63) is 78.4 Å². The number of para-hydroxylation sites is 1. The molecule has 156 valence electrons. The zero-order valence-electron chi connectivity index (χ0n) is 17.2. The average Bonchev–Trinajstić information content (AvgIpc) is 3.30. The predicted octanol–water partition coefficient (Wildman–Crippen LogP) is 5.06. The first-order valence-corrected chi connectivity index (χ1v) is 9.80. The average molecular weight is 415 g/mol. The monoisotopic (exact) mass is 415 g/mol. The van der Waals surface area contributed by atoms with Gasteiger partial charge in [-0.15, -0.1) is 0 Å². The minimum absolute atomic E-state index is 0.248. The van der Waals surface area contributed by atoms with Gasteiger partial charge < -0.3 is 19.3 Å². The first kappa shape index (κ1) is 20.2. The summed E-state index contributed by atoms with van der Waals surface area (Å²) < 4.78 is 16.3. The second-order valence-corrected chi connectivity index (χ2v) is 6.58. The fraction of sp³-hybridized carbons (Fsp3) is 0.125. The number of rotatable bonds is 7. The van der Waals surface area contributed by atoms with Crippen molar-refractivity contribution >= 4 is 11.6 Å². The maximum Gasteiger partial charge on any atom is 0.259 e. The van der Waals surface area contributed by atoms with E-state index < -0.39 is 0 Å². The summed E-state index contributed by atoms with van der Waals surface area (Å²) in [7, 11) is 1.58. The van der Waals surface area contributed by atoms with E-state index in [0.717, 1.165) is 5.75 Å². The molecule has 1 aromatic heterocycles. The van der Waals surface area contributed by atoms with Crippen LogP contribution in [-0.4, -0.2) is 29.8 Å². The van der Waals surface area contributed by atoms with Gasteiger partial charge in [-0.25, -0.2) is 0 Å². The van der Waals surface area contributed by atoms with Gasteiger partial charge in [0.2, 0.25) is 5.82 Å². The van der Waals surface area contributed by atoms with Gasteiger partial charge in [-0.1, -0.05) is 29.4 Å². The Labute approximate surface area is 179 Å². The summed E-state index contributed by atoms with van der Waals surface area (Å²) in [6.07, 6.45) is 0. The maximum absolute atomic E-state index is 12.9. The van der Waals surface area contributed by atoms with E-state index in [9.17, 15) is 4.79 Å². The highest BCUT2D eigenvalue weighted by atomic mass is 16.5. The molecule has 1 N–H and O–H groups in total. The number of carbonyl (C=O) groups excluding carboxylic acids is 1. The number of anilines is 1. The van der Waals surface area contributed by atoms with Gasteiger partial charge in [0.05, 0.1) is 30.4 Å². The molecule has 4 rings (SSSR count). The summed E-state index contributed by atoms with van der Waals surface area (Å²) in [5.74, 6) is 1.73. The number of aromatic nitrogens is 2. The van der Waals surface area contributed by atoms with E-state index in [-0.39, 0.29) is 11.8 Å². The van der Waals surface area contributed by atoms with Crippen LogP contribution in [0.15, 0.2) is 77.3 Å². The summed E-state index contributed by atoms with van der Waals surface area (Å²) in [5.41, 5.74) is 2.33. The van der Waals surface area contributed by atoms with Crippen molar-refractivity contribution < 1.29 is 18.8 Å². The van der Waals surface area contributed by atoms with E-state index in [1.54, 1.807) is 37.4 Å². The molecule has 0 spiro atoms. The normalized spacial score (nSPS) is 10.5. The molecule has 7 heteroatoms. The predicted molar refractivity (Wildman–Crippen MR) is 117 cm³/mol. The molecule has 7 nitrogen and oxygen atoms in total. The van der Waals surface area contributed by atoms with Crippen LogP contribution in [-0.2, 0) is 0 Å². The van der Waals surface area contributed by atoms with Crippen molar-refractivity contribution in [2.75, 3.05) is 19.0 Å². The number of nitrogens with one attached hydrogen (secondary N) is 1. The minimum Gasteiger partial charge on any atom is -0.496 e. The van der Waals surface area contributed by atoms with Crippen LogP contribution in [0.4, 0.5) is 5.69 Å². The van der Waals surface area contributed by atoms with Crippen LogP contribution in [0.2, 0.25) is 0 Å². The summed E-state index contributed by atoms with van der Waals surface area (Å²) in [4.78, 5) is 17.4. The molecule has 3 aromatic carbocycles. The highest BCUT2D eigenvalue weighted by molar-refractivity contribution is 6.08. The molecular weight excluding hydrogens is 394 g/mol. The standard InChI is InChI=1S/C24H21N3O4/c1-3-30-17-14-12-16(13-15-17)25-23(28)18-8-4-5-9-19(18)24-26-22(27-31-24)20-10-6-7-11-21(20)29-2/h4-15H,3H2,1-2H3,(H,25,28). The molecule has 0 saturated carbocycles. The Morgan fingerprint density at radius 1 is 0.968 bits per heavy atom. The molecule has 31 heavy (non-hydrogen) atoms. The lowest BCUT2D eigenvalue weighted by atomic mass is 10.1. The first-order valence-electron chi connectivity index (χ1n) is 9.80. The Morgan fingerprint density at radius 2 is 1.68 bits per heavy atom. The minimum atomic E-state index is -0.281. The second-order valence-electron chi connectivity index (χ2n) is 6.58. The van der Waals surface area contributed by atoms with E-state index >= 15 is 0 Å². The molecule has 0 fully saturated rings. The van der Waals surface area contributed by atoms with E-state index in [2.05, 4.69) is 15.5 Å². The van der Waals surface area contributed by atoms with Crippen LogP contribution < -0.4 is 14.8 Å². The molecule has 4 aromatic rings. The molecule has 0 unspecified atom stereocenters. The quantitative estimate of drug-likeness (QED) is 0.454. The van der Waals surface area contributed by atoms with Gasteiger partial charge in [-0.3, -0.25) is 4.79 Å². The molecule has 0 radical (unpaired) electrons. The van der Waals surface area contributed by atoms with E-state index in [1.807, 2.05) is 49.4 Å². The van der Waals surface area contributed by atoms with Gasteiger partial charge in [0, 0.05) is 5.69 Å². The SMILES string of the molecule is CCOc1ccc(NC(=O)c2ccccc2-c2nc(-c3ccccc3OC)no2)cc1. The van der Waals surface area contributed by atoms with Crippen LogP contribution in [0, 0.1) is 0 Å². The van der Waals surface area contributed by atoms with Crippen LogP contribution in [0.5, 0.6) is 11.5 Å². The Balaban J connectivity index is 1.60. The number of nitrogens with zero attached hydrogens (tertiary/aromatic N) is 2. The Bertz CT molecular complexity index is 1190.